The van der Waals surface area contributed by atoms with Crippen LogP contribution in [-0.4, -0.2) is 37.6 Å². The molecule has 192 valence electrons. The van der Waals surface area contributed by atoms with E-state index in [1.54, 1.807) is 36.4 Å². The summed E-state index contributed by atoms with van der Waals surface area (Å²) in [5, 5.41) is 5.87. The summed E-state index contributed by atoms with van der Waals surface area (Å²) >= 11 is 5.92. The third-order valence-corrected chi connectivity index (χ3v) is 8.58. The number of nitrogens with one attached hydrogen (secondary N) is 2. The number of carbonyl (C=O) groups excluding carboxylic acids is 2. The van der Waals surface area contributed by atoms with Gasteiger partial charge in [-0.2, -0.15) is 0 Å². The van der Waals surface area contributed by atoms with E-state index in [0.29, 0.717) is 29.1 Å². The molecule has 5 rings (SSSR count). The molecule has 0 aliphatic carbocycles. The van der Waals surface area contributed by atoms with Gasteiger partial charge >= 0.3 is 6.03 Å². The molecule has 1 saturated heterocycles. The number of benzene rings is 3. The van der Waals surface area contributed by atoms with E-state index in [-0.39, 0.29) is 30.2 Å². The topological polar surface area (TPSA) is 98.8 Å². The number of halogens is 2. The van der Waals surface area contributed by atoms with Gasteiger partial charge in [0.25, 0.3) is 5.91 Å². The molecule has 2 aliphatic rings. The van der Waals surface area contributed by atoms with Crippen molar-refractivity contribution in [2.24, 2.45) is 0 Å². The predicted molar refractivity (Wildman–Crippen MR) is 141 cm³/mol. The van der Waals surface area contributed by atoms with E-state index >= 15 is 4.39 Å². The minimum absolute atomic E-state index is 0.0160. The lowest BCUT2D eigenvalue weighted by Crippen LogP contribution is -2.39. The van der Waals surface area contributed by atoms with Crippen LogP contribution in [0.5, 0.6) is 0 Å². The standard InChI is InChI=1S/C26H24ClFN4O4S/c27-18-7-9-19(10-8-18)29-26(34)31-16-17-5-1-2-6-21(17)24(31)25(33)30-23-12-11-20(15-22(23)28)32-13-3-4-14-37(32,35)36/h1-2,5-12,15,24H,3-4,13-14,16H2,(H,29,34)(H,30,33). The lowest BCUT2D eigenvalue weighted by molar-refractivity contribution is -0.120. The maximum Gasteiger partial charge on any atom is 0.323 e. The molecule has 1 fully saturated rings. The Morgan fingerprint density at radius 1 is 0.973 bits per heavy atom. The van der Waals surface area contributed by atoms with E-state index in [9.17, 15) is 18.0 Å². The van der Waals surface area contributed by atoms with E-state index in [0.717, 1.165) is 11.6 Å². The van der Waals surface area contributed by atoms with Crippen LogP contribution in [0.4, 0.5) is 26.2 Å². The number of hydrogen-bond acceptors (Lipinski definition) is 4. The fourth-order valence-corrected chi connectivity index (χ4v) is 6.39. The van der Waals surface area contributed by atoms with Crippen LogP contribution in [0.2, 0.25) is 5.02 Å². The molecule has 11 heteroatoms. The molecule has 3 amide bonds. The predicted octanol–water partition coefficient (Wildman–Crippen LogP) is 5.14. The molecule has 1 atom stereocenters. The van der Waals surface area contributed by atoms with Gasteiger partial charge in [0, 0.05) is 29.9 Å². The number of carbonyl (C=O) groups is 2. The first-order valence-corrected chi connectivity index (χ1v) is 13.7. The molecule has 0 spiro atoms. The van der Waals surface area contributed by atoms with Crippen LogP contribution in [-0.2, 0) is 21.4 Å². The Kier molecular flexibility index (Phi) is 6.78. The van der Waals surface area contributed by atoms with Crippen molar-refractivity contribution in [3.63, 3.8) is 0 Å². The highest BCUT2D eigenvalue weighted by molar-refractivity contribution is 7.92. The quantitative estimate of drug-likeness (QED) is 0.477. The molecule has 8 nitrogen and oxygen atoms in total. The van der Waals surface area contributed by atoms with Crippen molar-refractivity contribution in [2.45, 2.75) is 25.4 Å². The second kappa shape index (κ2) is 10.0. The summed E-state index contributed by atoms with van der Waals surface area (Å²) in [6, 6.07) is 16.2. The van der Waals surface area contributed by atoms with E-state index < -0.39 is 33.8 Å². The van der Waals surface area contributed by atoms with Crippen molar-refractivity contribution in [2.75, 3.05) is 27.2 Å². The SMILES string of the molecule is O=C(Nc1ccc(N2CCCCS2(=O)=O)cc1F)C1c2ccccc2CN1C(=O)Nc1ccc(Cl)cc1. The number of anilines is 3. The van der Waals surface area contributed by atoms with Gasteiger partial charge in [-0.25, -0.2) is 17.6 Å². The summed E-state index contributed by atoms with van der Waals surface area (Å²) in [4.78, 5) is 27.9. The van der Waals surface area contributed by atoms with Gasteiger partial charge in [0.2, 0.25) is 10.0 Å². The highest BCUT2D eigenvalue weighted by atomic mass is 35.5. The van der Waals surface area contributed by atoms with Crippen LogP contribution in [0.1, 0.15) is 30.0 Å². The number of rotatable bonds is 4. The van der Waals surface area contributed by atoms with Gasteiger partial charge in [-0.3, -0.25) is 9.10 Å². The minimum atomic E-state index is -3.50. The van der Waals surface area contributed by atoms with Crippen LogP contribution >= 0.6 is 11.6 Å². The van der Waals surface area contributed by atoms with Crippen molar-refractivity contribution < 1.29 is 22.4 Å². The van der Waals surface area contributed by atoms with E-state index in [4.69, 9.17) is 11.6 Å². The Labute approximate surface area is 219 Å². The summed E-state index contributed by atoms with van der Waals surface area (Å²) in [5.74, 6) is -1.34. The average Bonchev–Trinajstić information content (AvgIpc) is 3.26. The Balaban J connectivity index is 1.38. The number of sulfonamides is 1. The molecule has 3 aromatic rings. The molecular weight excluding hydrogens is 519 g/mol. The summed E-state index contributed by atoms with van der Waals surface area (Å²) < 4.78 is 41.0. The smallest absolute Gasteiger partial charge is 0.321 e. The van der Waals surface area contributed by atoms with Crippen molar-refractivity contribution in [3.8, 4) is 0 Å². The zero-order valence-electron chi connectivity index (χ0n) is 19.7. The number of urea groups is 1. The van der Waals surface area contributed by atoms with Crippen LogP contribution in [0.3, 0.4) is 0 Å². The Hall–Kier alpha value is -3.63. The summed E-state index contributed by atoms with van der Waals surface area (Å²) in [6.45, 7) is 0.478. The van der Waals surface area contributed by atoms with Crippen LogP contribution in [0, 0.1) is 5.82 Å². The van der Waals surface area contributed by atoms with Gasteiger partial charge in [0.15, 0.2) is 0 Å². The Morgan fingerprint density at radius 3 is 2.46 bits per heavy atom. The van der Waals surface area contributed by atoms with Gasteiger partial charge in [-0.1, -0.05) is 35.9 Å². The summed E-state index contributed by atoms with van der Waals surface area (Å²) in [5.41, 5.74) is 2.07. The molecule has 3 aromatic carbocycles. The van der Waals surface area contributed by atoms with Crippen LogP contribution < -0.4 is 14.9 Å². The van der Waals surface area contributed by atoms with Crippen molar-refractivity contribution in [3.05, 3.63) is 88.7 Å². The highest BCUT2D eigenvalue weighted by Gasteiger charge is 2.39. The maximum absolute atomic E-state index is 15.0. The normalized spacial score (nSPS) is 18.3. The molecule has 2 aliphatic heterocycles. The second-order valence-electron chi connectivity index (χ2n) is 8.91. The Morgan fingerprint density at radius 2 is 1.73 bits per heavy atom. The number of amides is 3. The van der Waals surface area contributed by atoms with E-state index in [1.165, 1.54) is 21.3 Å². The first-order valence-electron chi connectivity index (χ1n) is 11.7. The summed E-state index contributed by atoms with van der Waals surface area (Å²) in [7, 11) is -3.50. The first kappa shape index (κ1) is 25.0. The molecule has 2 N–H and O–H groups in total. The number of fused-ring (bicyclic) bond motifs is 1. The van der Waals surface area contributed by atoms with Crippen molar-refractivity contribution >= 4 is 50.6 Å². The fraction of sp³-hybridized carbons (Fsp3) is 0.231. The van der Waals surface area contributed by atoms with Gasteiger partial charge < -0.3 is 15.5 Å². The molecule has 0 bridgehead atoms. The zero-order valence-corrected chi connectivity index (χ0v) is 21.2. The second-order valence-corrected chi connectivity index (χ2v) is 11.4. The van der Waals surface area contributed by atoms with E-state index in [1.807, 2.05) is 12.1 Å². The molecule has 0 radical (unpaired) electrons. The Bertz CT molecular complexity index is 1470. The molecule has 0 saturated carbocycles. The van der Waals surface area contributed by atoms with Crippen LogP contribution in [0.15, 0.2) is 66.7 Å². The number of hydrogen-bond donors (Lipinski definition) is 2. The fourth-order valence-electron chi connectivity index (χ4n) is 4.63. The van der Waals surface area contributed by atoms with E-state index in [2.05, 4.69) is 10.6 Å². The van der Waals surface area contributed by atoms with Gasteiger partial charge in [-0.05, 0) is 60.4 Å². The molecular formula is C26H24ClFN4O4S. The third kappa shape index (κ3) is 5.12. The molecule has 2 heterocycles. The monoisotopic (exact) mass is 542 g/mol. The molecule has 1 unspecified atom stereocenters. The van der Waals surface area contributed by atoms with Crippen molar-refractivity contribution in [1.82, 2.24) is 4.90 Å². The highest BCUT2D eigenvalue weighted by Crippen LogP contribution is 2.36. The van der Waals surface area contributed by atoms with Gasteiger partial charge in [-0.15, -0.1) is 0 Å². The number of nitrogens with zero attached hydrogens (tertiary/aromatic N) is 2. The van der Waals surface area contributed by atoms with Crippen molar-refractivity contribution in [1.29, 1.82) is 0 Å². The first-order chi connectivity index (χ1) is 17.7. The largest absolute Gasteiger partial charge is 0.323 e. The lowest BCUT2D eigenvalue weighted by Gasteiger charge is -2.28. The summed E-state index contributed by atoms with van der Waals surface area (Å²) in [6.07, 6.45) is 1.26. The maximum atomic E-state index is 15.0. The lowest BCUT2D eigenvalue weighted by atomic mass is 10.0. The minimum Gasteiger partial charge on any atom is -0.321 e. The average molecular weight is 543 g/mol. The van der Waals surface area contributed by atoms with Gasteiger partial charge in [0.05, 0.1) is 17.1 Å². The zero-order chi connectivity index (χ0) is 26.2. The molecule has 0 aromatic heterocycles. The third-order valence-electron chi connectivity index (χ3n) is 6.45. The van der Waals surface area contributed by atoms with Crippen LogP contribution in [0.25, 0.3) is 0 Å². The molecule has 37 heavy (non-hydrogen) atoms. The van der Waals surface area contributed by atoms with Gasteiger partial charge in [0.1, 0.15) is 11.9 Å².